The molecule has 1 rings (SSSR count). The second kappa shape index (κ2) is 21.8. The summed E-state index contributed by atoms with van der Waals surface area (Å²) in [6, 6.07) is 4.93. The Morgan fingerprint density at radius 2 is 1.48 bits per heavy atom. The number of aromatic hydroxyl groups is 1. The van der Waals surface area contributed by atoms with Crippen LogP contribution in [0.1, 0.15) is 117 Å². The summed E-state index contributed by atoms with van der Waals surface area (Å²) in [7, 11) is 2.58. The van der Waals surface area contributed by atoms with E-state index in [0.717, 1.165) is 25.7 Å². The second-order valence-electron chi connectivity index (χ2n) is 13.5. The van der Waals surface area contributed by atoms with E-state index in [4.69, 9.17) is 14.2 Å². The van der Waals surface area contributed by atoms with Gasteiger partial charge in [-0.25, -0.2) is 18.4 Å². The van der Waals surface area contributed by atoms with E-state index in [1.165, 1.54) is 32.4 Å². The zero-order valence-corrected chi connectivity index (χ0v) is 29.8. The minimum Gasteiger partial charge on any atom is -0.508 e. The summed E-state index contributed by atoms with van der Waals surface area (Å²) < 4.78 is 44.0. The Labute approximate surface area is 285 Å². The fraction of sp³-hybridized carbons (Fsp3) is 0.703. The third kappa shape index (κ3) is 16.9. The lowest BCUT2D eigenvalue weighted by Crippen LogP contribution is -2.56. The van der Waals surface area contributed by atoms with Crippen LogP contribution in [0.25, 0.3) is 0 Å². The van der Waals surface area contributed by atoms with E-state index in [-0.39, 0.29) is 38.0 Å². The van der Waals surface area contributed by atoms with Crippen LogP contribution in [0, 0.1) is 5.92 Å². The van der Waals surface area contributed by atoms with E-state index in [9.17, 15) is 33.4 Å². The Bertz CT molecular complexity index is 1120. The van der Waals surface area contributed by atoms with Crippen LogP contribution in [0.15, 0.2) is 36.4 Å². The third-order valence-corrected chi connectivity index (χ3v) is 8.05. The topological polar surface area (TPSA) is 131 Å². The molecule has 274 valence electrons. The van der Waals surface area contributed by atoms with Crippen LogP contribution in [-0.4, -0.2) is 72.1 Å². The molecule has 0 saturated heterocycles. The largest absolute Gasteiger partial charge is 0.508 e. The fourth-order valence-corrected chi connectivity index (χ4v) is 5.28. The van der Waals surface area contributed by atoms with Gasteiger partial charge in [-0.2, -0.15) is 0 Å². The van der Waals surface area contributed by atoms with Crippen molar-refractivity contribution < 1.29 is 47.6 Å². The van der Waals surface area contributed by atoms with E-state index in [1.807, 2.05) is 0 Å². The number of phenolic OH excluding ortho intramolecular Hbond substituents is 1. The van der Waals surface area contributed by atoms with Gasteiger partial charge in [-0.3, -0.25) is 4.79 Å². The van der Waals surface area contributed by atoms with Gasteiger partial charge in [0.2, 0.25) is 11.8 Å². The maximum atomic E-state index is 14.2. The van der Waals surface area contributed by atoms with Crippen LogP contribution in [-0.2, 0) is 35.0 Å². The molecule has 1 aromatic carbocycles. The molecular weight excluding hydrogens is 624 g/mol. The molecule has 0 aromatic heterocycles. The summed E-state index contributed by atoms with van der Waals surface area (Å²) >= 11 is 0. The predicted octanol–water partition coefficient (Wildman–Crippen LogP) is 7.21. The number of esters is 2. The number of carbonyl (C=O) groups is 3. The number of methoxy groups -OCH3 is 2. The summed E-state index contributed by atoms with van der Waals surface area (Å²) in [6.45, 7) is 6.95. The number of phenols is 1. The number of allylic oxidation sites excluding steroid dienone is 1. The van der Waals surface area contributed by atoms with E-state index < -0.39 is 46.9 Å². The first-order chi connectivity index (χ1) is 22.6. The standard InChI is InChI=1S/C37H59F2NO8/c1-7-8-9-13-16-23-36(38,39)24-17-14-11-10-12-15-18-30(37(45,25-26-46-5)34(44)48-35(2,3)4)32(42)40-31(33(43)47-6)27-28-19-21-29(41)22-20-28/h15,18-22,30-31,41,45H,7-14,16-17,23-27H2,1-6H3,(H,40,42)/b18-15+/t30-,31+,37+/m1/s1. The summed E-state index contributed by atoms with van der Waals surface area (Å²) in [5.41, 5.74) is -2.69. The Morgan fingerprint density at radius 3 is 2.02 bits per heavy atom. The molecule has 0 heterocycles. The molecular formula is C37H59F2NO8. The molecule has 1 amide bonds. The molecule has 3 atom stereocenters. The first kappa shape index (κ1) is 43.0. The average Bonchev–Trinajstić information content (AvgIpc) is 3.02. The molecule has 0 aliphatic rings. The lowest BCUT2D eigenvalue weighted by atomic mass is 9.82. The molecule has 0 radical (unpaired) electrons. The zero-order chi connectivity index (χ0) is 36.2. The van der Waals surface area contributed by atoms with Crippen molar-refractivity contribution in [1.82, 2.24) is 5.32 Å². The van der Waals surface area contributed by atoms with E-state index in [0.29, 0.717) is 44.1 Å². The number of benzene rings is 1. The van der Waals surface area contributed by atoms with Crippen molar-refractivity contribution in [2.75, 3.05) is 20.8 Å². The van der Waals surface area contributed by atoms with Gasteiger partial charge in [0.1, 0.15) is 17.4 Å². The van der Waals surface area contributed by atoms with Gasteiger partial charge < -0.3 is 29.7 Å². The molecule has 11 heteroatoms. The van der Waals surface area contributed by atoms with Gasteiger partial charge in [-0.1, -0.05) is 69.7 Å². The van der Waals surface area contributed by atoms with Crippen LogP contribution in [0.3, 0.4) is 0 Å². The molecule has 0 bridgehead atoms. The number of ether oxygens (including phenoxy) is 3. The number of nitrogens with one attached hydrogen (secondary N) is 1. The molecule has 3 N–H and O–H groups in total. The van der Waals surface area contributed by atoms with Gasteiger partial charge in [0, 0.05) is 39.4 Å². The van der Waals surface area contributed by atoms with Crippen LogP contribution in [0.4, 0.5) is 8.78 Å². The van der Waals surface area contributed by atoms with Crippen molar-refractivity contribution in [2.24, 2.45) is 5.92 Å². The number of amides is 1. The first-order valence-electron chi connectivity index (χ1n) is 17.2. The second-order valence-corrected chi connectivity index (χ2v) is 13.5. The highest BCUT2D eigenvalue weighted by molar-refractivity contribution is 5.93. The number of hydrogen-bond acceptors (Lipinski definition) is 8. The third-order valence-electron chi connectivity index (χ3n) is 8.05. The summed E-state index contributed by atoms with van der Waals surface area (Å²) in [5.74, 6) is -6.64. The van der Waals surface area contributed by atoms with Crippen molar-refractivity contribution in [2.45, 2.75) is 141 Å². The van der Waals surface area contributed by atoms with E-state index >= 15 is 0 Å². The molecule has 1 aromatic rings. The minimum atomic E-state index is -2.65. The molecule has 0 spiro atoms. The molecule has 9 nitrogen and oxygen atoms in total. The summed E-state index contributed by atoms with van der Waals surface area (Å²) in [6.07, 6.45) is 10.1. The quantitative estimate of drug-likeness (QED) is 0.0592. The van der Waals surface area contributed by atoms with E-state index in [2.05, 4.69) is 12.2 Å². The molecule has 0 aliphatic carbocycles. The summed E-state index contributed by atoms with van der Waals surface area (Å²) in [4.78, 5) is 39.9. The highest BCUT2D eigenvalue weighted by atomic mass is 19.3. The Hall–Kier alpha value is -3.05. The number of alkyl halides is 2. The lowest BCUT2D eigenvalue weighted by Gasteiger charge is -2.35. The number of unbranched alkanes of at least 4 members (excludes halogenated alkanes) is 8. The molecule has 0 aliphatic heterocycles. The fourth-order valence-electron chi connectivity index (χ4n) is 5.28. The highest BCUT2D eigenvalue weighted by Gasteiger charge is 2.49. The maximum Gasteiger partial charge on any atom is 0.339 e. The van der Waals surface area contributed by atoms with Crippen molar-refractivity contribution in [3.63, 3.8) is 0 Å². The maximum absolute atomic E-state index is 14.2. The number of hydrogen-bond donors (Lipinski definition) is 3. The number of halogens is 2. The van der Waals surface area contributed by atoms with Gasteiger partial charge in [-0.05, 0) is 64.2 Å². The first-order valence-corrected chi connectivity index (χ1v) is 17.2. The van der Waals surface area contributed by atoms with Crippen molar-refractivity contribution in [3.05, 3.63) is 42.0 Å². The molecule has 0 saturated carbocycles. The van der Waals surface area contributed by atoms with Crippen LogP contribution < -0.4 is 5.32 Å². The SMILES string of the molecule is CCCCCCCC(F)(F)CCCCCC/C=C/[C@H](C(=O)N[C@@H](Cc1ccc(O)cc1)C(=O)OC)[C@@](O)(CCOC)C(=O)OC(C)(C)C. The van der Waals surface area contributed by atoms with Crippen LogP contribution >= 0.6 is 0 Å². The predicted molar refractivity (Wildman–Crippen MR) is 182 cm³/mol. The monoisotopic (exact) mass is 683 g/mol. The zero-order valence-electron chi connectivity index (χ0n) is 29.8. The van der Waals surface area contributed by atoms with Gasteiger partial charge in [0.25, 0.3) is 0 Å². The van der Waals surface area contributed by atoms with Gasteiger partial charge in [0.05, 0.1) is 13.0 Å². The van der Waals surface area contributed by atoms with Crippen LogP contribution in [0.2, 0.25) is 0 Å². The van der Waals surface area contributed by atoms with Crippen molar-refractivity contribution >= 4 is 17.8 Å². The number of carbonyl (C=O) groups excluding carboxylic acids is 3. The Morgan fingerprint density at radius 1 is 0.896 bits per heavy atom. The number of aliphatic hydroxyl groups is 1. The lowest BCUT2D eigenvalue weighted by molar-refractivity contribution is -0.185. The van der Waals surface area contributed by atoms with Gasteiger partial charge in [-0.15, -0.1) is 0 Å². The molecule has 0 fully saturated rings. The van der Waals surface area contributed by atoms with Crippen molar-refractivity contribution in [1.29, 1.82) is 0 Å². The smallest absolute Gasteiger partial charge is 0.339 e. The van der Waals surface area contributed by atoms with Gasteiger partial charge >= 0.3 is 11.9 Å². The van der Waals surface area contributed by atoms with Crippen LogP contribution in [0.5, 0.6) is 5.75 Å². The highest BCUT2D eigenvalue weighted by Crippen LogP contribution is 2.30. The minimum absolute atomic E-state index is 0.0238. The van der Waals surface area contributed by atoms with Gasteiger partial charge in [0.15, 0.2) is 5.60 Å². The normalized spacial score (nSPS) is 14.7. The van der Waals surface area contributed by atoms with E-state index in [1.54, 1.807) is 39.0 Å². The average molecular weight is 684 g/mol. The van der Waals surface area contributed by atoms with Crippen molar-refractivity contribution in [3.8, 4) is 5.75 Å². The molecule has 0 unspecified atom stereocenters. The number of rotatable bonds is 24. The Kier molecular flexibility index (Phi) is 19.5. The summed E-state index contributed by atoms with van der Waals surface area (Å²) in [5, 5.41) is 24.1. The Balaban J connectivity index is 3.04. The molecule has 48 heavy (non-hydrogen) atoms.